The van der Waals surface area contributed by atoms with Gasteiger partial charge in [0.05, 0.1) is 6.54 Å². The van der Waals surface area contributed by atoms with Gasteiger partial charge >= 0.3 is 12.1 Å². The largest absolute Gasteiger partial charge is 0.479 e. The summed E-state index contributed by atoms with van der Waals surface area (Å²) in [7, 11) is 0. The second-order valence-corrected chi connectivity index (χ2v) is 11.0. The van der Waals surface area contributed by atoms with Crippen LogP contribution >= 0.6 is 0 Å². The van der Waals surface area contributed by atoms with Crippen LogP contribution in [0, 0.1) is 0 Å². The van der Waals surface area contributed by atoms with E-state index in [1.165, 1.54) is 4.90 Å². The minimum Gasteiger partial charge on any atom is -0.479 e. The fraction of sp³-hybridized carbons (Fsp3) is 0.167. The van der Waals surface area contributed by atoms with Gasteiger partial charge in [-0.3, -0.25) is 4.90 Å². The second kappa shape index (κ2) is 9.93. The fourth-order valence-electron chi connectivity index (χ4n) is 6.72. The lowest BCUT2D eigenvalue weighted by Gasteiger charge is -2.37. The van der Waals surface area contributed by atoms with Crippen LogP contribution in [0.5, 0.6) is 0 Å². The first-order valence-corrected chi connectivity index (χ1v) is 13.9. The van der Waals surface area contributed by atoms with Crippen molar-refractivity contribution in [2.75, 3.05) is 6.61 Å². The highest BCUT2D eigenvalue weighted by Gasteiger charge is 2.51. The van der Waals surface area contributed by atoms with Gasteiger partial charge in [-0.25, -0.2) is 9.59 Å². The maximum Gasteiger partial charge on any atom is 0.411 e. The first-order chi connectivity index (χ1) is 20.0. The highest BCUT2D eigenvalue weighted by atomic mass is 16.6. The smallest absolute Gasteiger partial charge is 0.411 e. The van der Waals surface area contributed by atoms with Crippen molar-refractivity contribution in [3.8, 4) is 11.1 Å². The molecular formula is C36H29NO4. The Hall–Kier alpha value is -4.90. The van der Waals surface area contributed by atoms with E-state index in [-0.39, 0.29) is 31.9 Å². The average Bonchev–Trinajstić information content (AvgIpc) is 3.56. The molecule has 5 nitrogen and oxygen atoms in total. The Morgan fingerprint density at radius 2 is 1.29 bits per heavy atom. The maximum atomic E-state index is 14.2. The van der Waals surface area contributed by atoms with Gasteiger partial charge in [-0.2, -0.15) is 0 Å². The summed E-state index contributed by atoms with van der Waals surface area (Å²) in [5.74, 6) is -1.14. The van der Waals surface area contributed by atoms with Crippen molar-refractivity contribution in [1.82, 2.24) is 4.90 Å². The topological polar surface area (TPSA) is 66.8 Å². The number of benzene rings is 5. The SMILES string of the molecule is O=C(OCC1c2ccccc2-c2ccccc21)N(Cc1cccc2ccccc12)C1(C(=O)O)Cc2ccccc2C1. The zero-order valence-electron chi connectivity index (χ0n) is 22.5. The quantitative estimate of drug-likeness (QED) is 0.248. The Bertz CT molecular complexity index is 1730. The summed E-state index contributed by atoms with van der Waals surface area (Å²) < 4.78 is 6.10. The Kier molecular flexibility index (Phi) is 6.08. The lowest BCUT2D eigenvalue weighted by Crippen LogP contribution is -2.57. The van der Waals surface area contributed by atoms with Gasteiger partial charge in [0.15, 0.2) is 5.54 Å². The number of hydrogen-bond donors (Lipinski definition) is 1. The third-order valence-corrected chi connectivity index (χ3v) is 8.76. The number of aliphatic carboxylic acids is 1. The van der Waals surface area contributed by atoms with Crippen molar-refractivity contribution >= 4 is 22.8 Å². The summed E-state index contributed by atoms with van der Waals surface area (Å²) in [6, 6.07) is 38.0. The van der Waals surface area contributed by atoms with E-state index in [0.29, 0.717) is 0 Å². The van der Waals surface area contributed by atoms with Crippen molar-refractivity contribution in [1.29, 1.82) is 0 Å². The van der Waals surface area contributed by atoms with E-state index in [0.717, 1.165) is 49.7 Å². The molecule has 5 heteroatoms. The maximum absolute atomic E-state index is 14.2. The number of carboxylic acids is 1. The lowest BCUT2D eigenvalue weighted by atomic mass is 9.92. The summed E-state index contributed by atoms with van der Waals surface area (Å²) in [5, 5.41) is 12.8. The zero-order valence-corrected chi connectivity index (χ0v) is 22.5. The Labute approximate surface area is 238 Å². The molecule has 0 saturated heterocycles. The van der Waals surface area contributed by atoms with Gasteiger partial charge in [0.25, 0.3) is 0 Å². The number of ether oxygens (including phenoxy) is 1. The molecule has 0 heterocycles. The Morgan fingerprint density at radius 1 is 0.732 bits per heavy atom. The minimum absolute atomic E-state index is 0.118. The molecule has 0 bridgehead atoms. The van der Waals surface area contributed by atoms with Crippen LogP contribution < -0.4 is 0 Å². The van der Waals surface area contributed by atoms with Gasteiger partial charge in [-0.05, 0) is 49.7 Å². The molecule has 0 unspecified atom stereocenters. The molecule has 41 heavy (non-hydrogen) atoms. The number of amides is 1. The molecule has 2 aliphatic rings. The lowest BCUT2D eigenvalue weighted by molar-refractivity contribution is -0.150. The number of fused-ring (bicyclic) bond motifs is 5. The Morgan fingerprint density at radius 3 is 1.95 bits per heavy atom. The van der Waals surface area contributed by atoms with Gasteiger partial charge in [-0.15, -0.1) is 0 Å². The highest BCUT2D eigenvalue weighted by molar-refractivity contribution is 5.89. The van der Waals surface area contributed by atoms with Crippen molar-refractivity contribution < 1.29 is 19.4 Å². The molecule has 1 amide bonds. The molecule has 0 aromatic heterocycles. The van der Waals surface area contributed by atoms with E-state index in [4.69, 9.17) is 4.74 Å². The third-order valence-electron chi connectivity index (χ3n) is 8.76. The van der Waals surface area contributed by atoms with Gasteiger partial charge in [-0.1, -0.05) is 115 Å². The number of rotatable bonds is 6. The molecule has 0 saturated carbocycles. The van der Waals surface area contributed by atoms with Crippen molar-refractivity contribution in [2.45, 2.75) is 30.8 Å². The zero-order chi connectivity index (χ0) is 28.0. The molecule has 202 valence electrons. The van der Waals surface area contributed by atoms with Crippen molar-refractivity contribution in [3.63, 3.8) is 0 Å². The van der Waals surface area contributed by atoms with E-state index in [9.17, 15) is 14.7 Å². The summed E-state index contributed by atoms with van der Waals surface area (Å²) in [6.45, 7) is 0.250. The number of hydrogen-bond acceptors (Lipinski definition) is 3. The van der Waals surface area contributed by atoms with E-state index >= 15 is 0 Å². The fourth-order valence-corrected chi connectivity index (χ4v) is 6.72. The summed E-state index contributed by atoms with van der Waals surface area (Å²) >= 11 is 0. The first kappa shape index (κ1) is 25.1. The van der Waals surface area contributed by atoms with Crippen molar-refractivity contribution in [2.24, 2.45) is 0 Å². The number of carboxylic acid groups (broad SMARTS) is 1. The van der Waals surface area contributed by atoms with Gasteiger partial charge in [0.1, 0.15) is 6.61 Å². The molecule has 0 spiro atoms. The predicted octanol–water partition coefficient (Wildman–Crippen LogP) is 7.21. The number of carbonyl (C=O) groups is 2. The van der Waals surface area contributed by atoms with Crippen LogP contribution in [0.1, 0.15) is 33.7 Å². The summed E-state index contributed by atoms with van der Waals surface area (Å²) in [4.78, 5) is 28.7. The molecule has 2 aliphatic carbocycles. The van der Waals surface area contributed by atoms with Crippen LogP contribution in [0.25, 0.3) is 21.9 Å². The molecule has 0 atom stereocenters. The highest BCUT2D eigenvalue weighted by Crippen LogP contribution is 2.45. The molecular weight excluding hydrogens is 510 g/mol. The van der Waals surface area contributed by atoms with E-state index in [2.05, 4.69) is 24.3 Å². The van der Waals surface area contributed by atoms with E-state index in [1.54, 1.807) is 0 Å². The standard InChI is InChI=1S/C36H29NO4/c38-34(39)36(20-25-11-1-2-12-26(25)21-36)37(22-27-14-9-13-24-10-3-4-15-28(24)27)35(40)41-23-33-31-18-7-5-16-29(31)30-17-6-8-19-32(30)33/h1-19,33H,20-23H2,(H,38,39). The second-order valence-electron chi connectivity index (χ2n) is 11.0. The molecule has 0 fully saturated rings. The monoisotopic (exact) mass is 539 g/mol. The van der Waals surface area contributed by atoms with Crippen LogP contribution in [0.3, 0.4) is 0 Å². The average molecular weight is 540 g/mol. The van der Waals surface area contributed by atoms with Gasteiger partial charge in [0, 0.05) is 18.8 Å². The number of carbonyl (C=O) groups excluding carboxylic acids is 1. The van der Waals surface area contributed by atoms with Gasteiger partial charge in [0.2, 0.25) is 0 Å². The first-order valence-electron chi connectivity index (χ1n) is 13.9. The van der Waals surface area contributed by atoms with Crippen LogP contribution in [0.4, 0.5) is 4.79 Å². The molecule has 5 aromatic carbocycles. The number of nitrogens with zero attached hydrogens (tertiary/aromatic N) is 1. The molecule has 0 aliphatic heterocycles. The summed E-state index contributed by atoms with van der Waals surface area (Å²) in [5.41, 5.74) is 5.84. The van der Waals surface area contributed by atoms with Crippen LogP contribution in [-0.4, -0.2) is 34.2 Å². The summed E-state index contributed by atoms with van der Waals surface area (Å²) in [6.07, 6.45) is -0.156. The molecule has 5 aromatic rings. The minimum atomic E-state index is -1.46. The Balaban J connectivity index is 1.26. The van der Waals surface area contributed by atoms with Crippen molar-refractivity contribution in [3.05, 3.63) is 143 Å². The van der Waals surface area contributed by atoms with E-state index in [1.807, 2.05) is 91.0 Å². The molecule has 7 rings (SSSR count). The molecule has 0 radical (unpaired) electrons. The van der Waals surface area contributed by atoms with E-state index < -0.39 is 17.6 Å². The van der Waals surface area contributed by atoms with Gasteiger partial charge < -0.3 is 9.84 Å². The van der Waals surface area contributed by atoms with Crippen LogP contribution in [0.15, 0.2) is 115 Å². The van der Waals surface area contributed by atoms with Crippen LogP contribution in [-0.2, 0) is 28.9 Å². The molecule has 1 N–H and O–H groups in total. The predicted molar refractivity (Wildman–Crippen MR) is 159 cm³/mol. The third kappa shape index (κ3) is 4.16. The van der Waals surface area contributed by atoms with Crippen LogP contribution in [0.2, 0.25) is 0 Å². The normalized spacial score (nSPS) is 14.7.